The molecule has 0 aliphatic heterocycles. The average molecular weight is 340 g/mol. The molecule has 0 fully saturated rings. The van der Waals surface area contributed by atoms with Crippen LogP contribution in [0.2, 0.25) is 5.02 Å². The highest BCUT2D eigenvalue weighted by molar-refractivity contribution is 6.30. The van der Waals surface area contributed by atoms with Gasteiger partial charge >= 0.3 is 0 Å². The summed E-state index contributed by atoms with van der Waals surface area (Å²) in [6.07, 6.45) is 3.66. The number of halogens is 2. The first-order chi connectivity index (χ1) is 10.7. The van der Waals surface area contributed by atoms with Crippen LogP contribution < -0.4 is 5.32 Å². The van der Waals surface area contributed by atoms with E-state index in [0.29, 0.717) is 19.4 Å². The van der Waals surface area contributed by atoms with Crippen LogP contribution in [0, 0.1) is 0 Å². The lowest BCUT2D eigenvalue weighted by Crippen LogP contribution is -2.35. The molecule has 0 saturated carbocycles. The zero-order valence-corrected chi connectivity index (χ0v) is 15.9. The third-order valence-corrected chi connectivity index (χ3v) is 4.45. The van der Waals surface area contributed by atoms with Crippen molar-refractivity contribution in [2.75, 3.05) is 6.54 Å². The van der Waals surface area contributed by atoms with Crippen LogP contribution >= 0.6 is 11.6 Å². The Morgan fingerprint density at radius 2 is 1.87 bits per heavy atom. The van der Waals surface area contributed by atoms with Gasteiger partial charge in [-0.05, 0) is 62.8 Å². The normalized spacial score (nSPS) is 14.4. The Bertz CT molecular complexity index is 489. The molecule has 0 heterocycles. The highest BCUT2D eigenvalue weighted by Gasteiger charge is 2.24. The van der Waals surface area contributed by atoms with Gasteiger partial charge in [-0.25, -0.2) is 4.39 Å². The third-order valence-electron chi connectivity index (χ3n) is 4.20. The fourth-order valence-electron chi connectivity index (χ4n) is 2.79. The van der Waals surface area contributed by atoms with Crippen molar-refractivity contribution in [3.8, 4) is 0 Å². The molecule has 1 aromatic carbocycles. The number of benzene rings is 1. The Morgan fingerprint density at radius 3 is 2.39 bits per heavy atom. The first-order valence-electron chi connectivity index (χ1n) is 8.53. The van der Waals surface area contributed by atoms with E-state index >= 15 is 0 Å². The summed E-state index contributed by atoms with van der Waals surface area (Å²) in [5, 5.41) is 4.27. The van der Waals surface area contributed by atoms with Gasteiger partial charge in [0.1, 0.15) is 6.17 Å². The molecular formula is C20H31ClFN. The van der Waals surface area contributed by atoms with Crippen molar-refractivity contribution in [3.05, 3.63) is 46.5 Å². The summed E-state index contributed by atoms with van der Waals surface area (Å²) in [6, 6.07) is 8.32. The zero-order chi connectivity index (χ0) is 17.5. The molecule has 1 nitrogen and oxygen atoms in total. The van der Waals surface area contributed by atoms with E-state index in [1.165, 1.54) is 11.1 Å². The minimum Gasteiger partial charge on any atom is -0.310 e. The number of nitrogens with one attached hydrogen (secondary N) is 1. The molecule has 1 N–H and O–H groups in total. The molecule has 0 amide bonds. The molecule has 0 aliphatic rings. The highest BCUT2D eigenvalue weighted by Crippen LogP contribution is 2.30. The molecule has 1 rings (SSSR count). The van der Waals surface area contributed by atoms with E-state index in [-0.39, 0.29) is 11.5 Å². The molecular weight excluding hydrogens is 309 g/mol. The summed E-state index contributed by atoms with van der Waals surface area (Å²) < 4.78 is 13.4. The number of hydrogen-bond donors (Lipinski definition) is 1. The van der Waals surface area contributed by atoms with Crippen LogP contribution in [0.4, 0.5) is 4.39 Å². The molecule has 0 spiro atoms. The molecule has 0 radical (unpaired) electrons. The van der Waals surface area contributed by atoms with Gasteiger partial charge in [0.25, 0.3) is 0 Å². The van der Waals surface area contributed by atoms with Crippen LogP contribution in [0.1, 0.15) is 59.4 Å². The Morgan fingerprint density at radius 1 is 1.26 bits per heavy atom. The van der Waals surface area contributed by atoms with Crippen molar-refractivity contribution in [1.29, 1.82) is 0 Å². The molecule has 0 aromatic heterocycles. The van der Waals surface area contributed by atoms with Crippen LogP contribution in [-0.2, 0) is 5.41 Å². The lowest BCUT2D eigenvalue weighted by Gasteiger charge is -2.30. The standard InChI is InChI=1S/C20H31ClFN/c1-6-18(22)11-12-23-19(13-15(2)3)14-20(4,5)16-7-9-17(21)10-8-16/h7-10,13,18-19,23H,6,11-12,14H2,1-5H3. The average Bonchev–Trinajstić information content (AvgIpc) is 2.46. The van der Waals surface area contributed by atoms with Crippen LogP contribution in [0.3, 0.4) is 0 Å². The summed E-state index contributed by atoms with van der Waals surface area (Å²) in [5.41, 5.74) is 2.57. The molecule has 2 unspecified atom stereocenters. The van der Waals surface area contributed by atoms with E-state index in [4.69, 9.17) is 11.6 Å². The number of rotatable bonds is 9. The molecule has 0 saturated heterocycles. The SMILES string of the molecule is CCC(F)CCNC(C=C(C)C)CC(C)(C)c1ccc(Cl)cc1. The Labute approximate surface area is 146 Å². The first kappa shape index (κ1) is 20.2. The van der Waals surface area contributed by atoms with Crippen molar-refractivity contribution in [2.45, 2.75) is 71.5 Å². The van der Waals surface area contributed by atoms with Crippen molar-refractivity contribution < 1.29 is 4.39 Å². The lowest BCUT2D eigenvalue weighted by atomic mass is 9.79. The van der Waals surface area contributed by atoms with Gasteiger partial charge < -0.3 is 5.32 Å². The van der Waals surface area contributed by atoms with Crippen LogP contribution in [0.5, 0.6) is 0 Å². The molecule has 23 heavy (non-hydrogen) atoms. The summed E-state index contributed by atoms with van der Waals surface area (Å²) in [5.74, 6) is 0. The van der Waals surface area contributed by atoms with Gasteiger partial charge in [0.2, 0.25) is 0 Å². The van der Waals surface area contributed by atoms with Gasteiger partial charge in [-0.2, -0.15) is 0 Å². The second-order valence-corrected chi connectivity index (χ2v) is 7.63. The van der Waals surface area contributed by atoms with E-state index < -0.39 is 6.17 Å². The van der Waals surface area contributed by atoms with Crippen molar-refractivity contribution in [3.63, 3.8) is 0 Å². The molecule has 2 atom stereocenters. The summed E-state index contributed by atoms with van der Waals surface area (Å²) in [7, 11) is 0. The number of hydrogen-bond acceptors (Lipinski definition) is 1. The van der Waals surface area contributed by atoms with Crippen molar-refractivity contribution in [2.24, 2.45) is 0 Å². The van der Waals surface area contributed by atoms with E-state index in [1.54, 1.807) is 0 Å². The maximum absolute atomic E-state index is 13.4. The smallest absolute Gasteiger partial charge is 0.101 e. The largest absolute Gasteiger partial charge is 0.310 e. The first-order valence-corrected chi connectivity index (χ1v) is 8.91. The molecule has 0 aliphatic carbocycles. The lowest BCUT2D eigenvalue weighted by molar-refractivity contribution is 0.295. The summed E-state index contributed by atoms with van der Waals surface area (Å²) in [6.45, 7) is 11.3. The fourth-order valence-corrected chi connectivity index (χ4v) is 2.92. The predicted octanol–water partition coefficient (Wildman–Crippen LogP) is 6.07. The molecule has 0 bridgehead atoms. The molecule has 1 aromatic rings. The van der Waals surface area contributed by atoms with Gasteiger partial charge in [-0.15, -0.1) is 0 Å². The zero-order valence-electron chi connectivity index (χ0n) is 15.1. The van der Waals surface area contributed by atoms with E-state index in [9.17, 15) is 4.39 Å². The van der Waals surface area contributed by atoms with Crippen LogP contribution in [0.25, 0.3) is 0 Å². The molecule has 3 heteroatoms. The van der Waals surface area contributed by atoms with Crippen molar-refractivity contribution in [1.82, 2.24) is 5.32 Å². The molecule has 130 valence electrons. The van der Waals surface area contributed by atoms with Crippen LogP contribution in [0.15, 0.2) is 35.9 Å². The highest BCUT2D eigenvalue weighted by atomic mass is 35.5. The van der Waals surface area contributed by atoms with E-state index in [0.717, 1.165) is 11.4 Å². The predicted molar refractivity (Wildman–Crippen MR) is 100 cm³/mol. The van der Waals surface area contributed by atoms with Crippen LogP contribution in [-0.4, -0.2) is 18.8 Å². The Kier molecular flexibility index (Phi) is 8.28. The third kappa shape index (κ3) is 7.50. The monoisotopic (exact) mass is 339 g/mol. The van der Waals surface area contributed by atoms with Gasteiger partial charge in [0.05, 0.1) is 0 Å². The second kappa shape index (κ2) is 9.44. The Balaban J connectivity index is 2.74. The number of alkyl halides is 1. The topological polar surface area (TPSA) is 12.0 Å². The maximum atomic E-state index is 13.4. The fraction of sp³-hybridized carbons (Fsp3) is 0.600. The quantitative estimate of drug-likeness (QED) is 0.538. The van der Waals surface area contributed by atoms with Gasteiger partial charge in [0.15, 0.2) is 0 Å². The minimum absolute atomic E-state index is 0.0219. The van der Waals surface area contributed by atoms with Gasteiger partial charge in [0, 0.05) is 11.1 Å². The Hall–Kier alpha value is -0.860. The summed E-state index contributed by atoms with van der Waals surface area (Å²) in [4.78, 5) is 0. The maximum Gasteiger partial charge on any atom is 0.101 e. The van der Waals surface area contributed by atoms with Gasteiger partial charge in [-0.3, -0.25) is 0 Å². The summed E-state index contributed by atoms with van der Waals surface area (Å²) >= 11 is 5.99. The number of allylic oxidation sites excluding steroid dienone is 1. The van der Waals surface area contributed by atoms with E-state index in [1.807, 2.05) is 19.1 Å². The van der Waals surface area contributed by atoms with Crippen molar-refractivity contribution >= 4 is 11.6 Å². The van der Waals surface area contributed by atoms with E-state index in [2.05, 4.69) is 51.2 Å². The van der Waals surface area contributed by atoms with Gasteiger partial charge in [-0.1, -0.05) is 56.2 Å². The second-order valence-electron chi connectivity index (χ2n) is 7.19. The minimum atomic E-state index is -0.709.